The van der Waals surface area contributed by atoms with Gasteiger partial charge in [0.1, 0.15) is 12.3 Å². The van der Waals surface area contributed by atoms with Crippen LogP contribution >= 0.6 is 0 Å². The van der Waals surface area contributed by atoms with Gasteiger partial charge in [-0.2, -0.15) is 0 Å². The van der Waals surface area contributed by atoms with Gasteiger partial charge in [0.2, 0.25) is 0 Å². The highest BCUT2D eigenvalue weighted by atomic mass is 16.6. The Kier molecular flexibility index (Phi) is 6.50. The Balaban J connectivity index is 1.45. The van der Waals surface area contributed by atoms with Crippen LogP contribution in [0.4, 0.5) is 0 Å². The average molecular weight is 389 g/mol. The topological polar surface area (TPSA) is 124 Å². The van der Waals surface area contributed by atoms with Crippen LogP contribution in [0.25, 0.3) is 0 Å². The Morgan fingerprint density at radius 3 is 3.04 bits per heavy atom. The lowest BCUT2D eigenvalue weighted by Gasteiger charge is -2.16. The number of ketones is 1. The number of rotatable bonds is 8. The molecule has 0 radical (unpaired) electrons. The standard InChI is InChI=1S/C19H23N3O6/c1-12-10-22(19(26)21-18(12)25)17-8-15(24)16(28-17)11-27-7-3-5-14(23)13-4-2-6-20-9-13/h2,4,6,9-10,15-17,24H,3,5,7-8,11H2,1H3,(H,21,25,26)/t15-,16+,17+/m0/s1. The number of nitrogens with zero attached hydrogens (tertiary/aromatic N) is 2. The third-order valence-corrected chi connectivity index (χ3v) is 4.62. The number of hydrogen-bond acceptors (Lipinski definition) is 7. The maximum absolute atomic E-state index is 12.0. The number of aliphatic hydroxyl groups excluding tert-OH is 1. The molecule has 1 aliphatic heterocycles. The summed E-state index contributed by atoms with van der Waals surface area (Å²) in [6.07, 6.45) is 3.63. The Morgan fingerprint density at radius 2 is 2.29 bits per heavy atom. The first-order chi connectivity index (χ1) is 13.5. The zero-order chi connectivity index (χ0) is 20.1. The van der Waals surface area contributed by atoms with Gasteiger partial charge in [-0.15, -0.1) is 0 Å². The Bertz CT molecular complexity index is 923. The molecule has 1 saturated heterocycles. The first kappa shape index (κ1) is 20.1. The number of pyridine rings is 1. The van der Waals surface area contributed by atoms with Gasteiger partial charge in [0.25, 0.3) is 5.56 Å². The summed E-state index contributed by atoms with van der Waals surface area (Å²) in [6, 6.07) is 3.44. The summed E-state index contributed by atoms with van der Waals surface area (Å²) < 4.78 is 12.5. The van der Waals surface area contributed by atoms with Crippen molar-refractivity contribution in [2.24, 2.45) is 0 Å². The van der Waals surface area contributed by atoms with Crippen LogP contribution in [0.3, 0.4) is 0 Å². The van der Waals surface area contributed by atoms with E-state index < -0.39 is 29.7 Å². The van der Waals surface area contributed by atoms with E-state index in [0.717, 1.165) is 0 Å². The van der Waals surface area contributed by atoms with Gasteiger partial charge < -0.3 is 14.6 Å². The summed E-state index contributed by atoms with van der Waals surface area (Å²) in [5.41, 5.74) is -0.0685. The van der Waals surface area contributed by atoms with Gasteiger partial charge in [-0.3, -0.25) is 24.1 Å². The second-order valence-corrected chi connectivity index (χ2v) is 6.75. The van der Waals surface area contributed by atoms with E-state index in [1.54, 1.807) is 25.3 Å². The molecule has 2 aromatic heterocycles. The number of nitrogens with one attached hydrogen (secondary N) is 1. The first-order valence-electron chi connectivity index (χ1n) is 9.12. The molecule has 0 bridgehead atoms. The maximum atomic E-state index is 12.0. The van der Waals surface area contributed by atoms with Crippen molar-refractivity contribution in [3.05, 3.63) is 62.7 Å². The Labute approximate surface area is 161 Å². The van der Waals surface area contributed by atoms with Gasteiger partial charge in [0.15, 0.2) is 5.78 Å². The van der Waals surface area contributed by atoms with Gasteiger partial charge in [-0.25, -0.2) is 4.79 Å². The predicted octanol–water partition coefficient (Wildman–Crippen LogP) is 0.568. The van der Waals surface area contributed by atoms with Gasteiger partial charge >= 0.3 is 5.69 Å². The minimum absolute atomic E-state index is 0.00160. The van der Waals surface area contributed by atoms with Gasteiger partial charge in [-0.1, -0.05) is 0 Å². The minimum Gasteiger partial charge on any atom is -0.390 e. The molecule has 1 fully saturated rings. The largest absolute Gasteiger partial charge is 0.390 e. The van der Waals surface area contributed by atoms with Crippen LogP contribution in [-0.2, 0) is 9.47 Å². The summed E-state index contributed by atoms with van der Waals surface area (Å²) in [6.45, 7) is 2.09. The van der Waals surface area contributed by atoms with Crippen LogP contribution in [-0.4, -0.2) is 50.8 Å². The van der Waals surface area contributed by atoms with Crippen molar-refractivity contribution in [3.8, 4) is 0 Å². The number of Topliss-reactive ketones (excluding diaryl/α,β-unsaturated/α-hetero) is 1. The van der Waals surface area contributed by atoms with Gasteiger partial charge in [0.05, 0.1) is 12.7 Å². The Morgan fingerprint density at radius 1 is 1.46 bits per heavy atom. The molecule has 0 amide bonds. The van der Waals surface area contributed by atoms with Crippen LogP contribution < -0.4 is 11.2 Å². The molecular formula is C19H23N3O6. The lowest BCUT2D eigenvalue weighted by Crippen LogP contribution is -2.33. The van der Waals surface area contributed by atoms with Crippen molar-refractivity contribution in [2.75, 3.05) is 13.2 Å². The SMILES string of the molecule is Cc1cn([C@H]2C[C@H](O)[C@@H](COCCCC(=O)c3cccnc3)O2)c(=O)[nH]c1=O. The molecule has 0 aliphatic carbocycles. The van der Waals surface area contributed by atoms with Crippen molar-refractivity contribution in [3.63, 3.8) is 0 Å². The van der Waals surface area contributed by atoms with E-state index in [-0.39, 0.29) is 18.8 Å². The number of H-pyrrole nitrogens is 1. The number of ether oxygens (including phenoxy) is 2. The van der Waals surface area contributed by atoms with Crippen LogP contribution in [0.5, 0.6) is 0 Å². The monoisotopic (exact) mass is 389 g/mol. The van der Waals surface area contributed by atoms with E-state index in [2.05, 4.69) is 9.97 Å². The maximum Gasteiger partial charge on any atom is 0.330 e. The molecule has 3 rings (SSSR count). The zero-order valence-electron chi connectivity index (χ0n) is 15.5. The molecule has 150 valence electrons. The minimum atomic E-state index is -0.791. The van der Waals surface area contributed by atoms with E-state index in [4.69, 9.17) is 9.47 Å². The quantitative estimate of drug-likeness (QED) is 0.500. The molecule has 28 heavy (non-hydrogen) atoms. The molecule has 0 saturated carbocycles. The molecule has 1 aliphatic rings. The van der Waals surface area contributed by atoms with E-state index in [1.165, 1.54) is 17.0 Å². The predicted molar refractivity (Wildman–Crippen MR) is 99.2 cm³/mol. The summed E-state index contributed by atoms with van der Waals surface area (Å²) in [5.74, 6) is 0.00160. The highest BCUT2D eigenvalue weighted by molar-refractivity contribution is 5.95. The third kappa shape index (κ3) is 4.80. The van der Waals surface area contributed by atoms with Gasteiger partial charge in [-0.05, 0) is 25.5 Å². The van der Waals surface area contributed by atoms with Crippen molar-refractivity contribution in [2.45, 2.75) is 44.6 Å². The molecular weight excluding hydrogens is 366 g/mol. The van der Waals surface area contributed by atoms with Crippen LogP contribution in [0, 0.1) is 6.92 Å². The highest BCUT2D eigenvalue weighted by Gasteiger charge is 2.35. The van der Waals surface area contributed by atoms with Crippen molar-refractivity contribution in [1.29, 1.82) is 0 Å². The number of aliphatic hydroxyl groups is 1. The molecule has 3 atom stereocenters. The molecule has 0 unspecified atom stereocenters. The smallest absolute Gasteiger partial charge is 0.330 e. The normalized spacial score (nSPS) is 21.7. The van der Waals surface area contributed by atoms with Gasteiger partial charge in [0, 0.05) is 49.2 Å². The molecule has 0 aromatic carbocycles. The number of aryl methyl sites for hydroxylation is 1. The summed E-state index contributed by atoms with van der Waals surface area (Å²) >= 11 is 0. The van der Waals surface area contributed by atoms with E-state index in [0.29, 0.717) is 30.6 Å². The number of carbonyl (C=O) groups excluding carboxylic acids is 1. The second-order valence-electron chi connectivity index (χ2n) is 6.75. The summed E-state index contributed by atoms with van der Waals surface area (Å²) in [5, 5.41) is 10.2. The fourth-order valence-corrected chi connectivity index (χ4v) is 3.04. The van der Waals surface area contributed by atoms with Crippen LogP contribution in [0.2, 0.25) is 0 Å². The molecule has 3 heterocycles. The zero-order valence-corrected chi connectivity index (χ0v) is 15.5. The molecule has 2 aromatic rings. The molecule has 9 heteroatoms. The number of aromatic nitrogens is 3. The molecule has 2 N–H and O–H groups in total. The van der Waals surface area contributed by atoms with Crippen LogP contribution in [0.1, 0.15) is 41.4 Å². The van der Waals surface area contributed by atoms with Crippen molar-refractivity contribution >= 4 is 5.78 Å². The fraction of sp³-hybridized carbons (Fsp3) is 0.474. The second kappa shape index (κ2) is 9.05. The highest BCUT2D eigenvalue weighted by Crippen LogP contribution is 2.27. The third-order valence-electron chi connectivity index (χ3n) is 4.62. The number of hydrogen-bond donors (Lipinski definition) is 2. The van der Waals surface area contributed by atoms with E-state index >= 15 is 0 Å². The van der Waals surface area contributed by atoms with E-state index in [9.17, 15) is 19.5 Å². The van der Waals surface area contributed by atoms with Crippen molar-refractivity contribution < 1.29 is 19.4 Å². The number of carbonyl (C=O) groups is 1. The molecule has 0 spiro atoms. The van der Waals surface area contributed by atoms with E-state index in [1.807, 2.05) is 0 Å². The lowest BCUT2D eigenvalue weighted by molar-refractivity contribution is -0.0636. The Hall–Kier alpha value is -2.62. The summed E-state index contributed by atoms with van der Waals surface area (Å²) in [4.78, 5) is 41.5. The van der Waals surface area contributed by atoms with Crippen molar-refractivity contribution in [1.82, 2.24) is 14.5 Å². The molecule has 9 nitrogen and oxygen atoms in total. The lowest BCUT2D eigenvalue weighted by atomic mass is 10.1. The fourth-order valence-electron chi connectivity index (χ4n) is 3.04. The first-order valence-corrected chi connectivity index (χ1v) is 9.12. The van der Waals surface area contributed by atoms with Crippen LogP contribution in [0.15, 0.2) is 40.3 Å². The number of aromatic amines is 1. The summed E-state index contributed by atoms with van der Waals surface area (Å²) in [7, 11) is 0. The average Bonchev–Trinajstić information content (AvgIpc) is 3.05.